The lowest BCUT2D eigenvalue weighted by atomic mass is 10.00. The molecule has 0 bridgehead atoms. The molecule has 0 aromatic rings. The van der Waals surface area contributed by atoms with E-state index < -0.39 is 0 Å². The highest BCUT2D eigenvalue weighted by Gasteiger charge is 2.43. The first-order chi connectivity index (χ1) is 6.37. The highest BCUT2D eigenvalue weighted by Crippen LogP contribution is 2.48. The fourth-order valence-electron chi connectivity index (χ4n) is 1.66. The number of nitrogens with zero attached hydrogens (tertiary/aromatic N) is 1. The average Bonchev–Trinajstić information content (AvgIpc) is 2.83. The second kappa shape index (κ2) is 3.89. The van der Waals surface area contributed by atoms with Gasteiger partial charge < -0.3 is 10.2 Å². The van der Waals surface area contributed by atoms with Crippen molar-refractivity contribution in [3.63, 3.8) is 0 Å². The second-order valence-electron chi connectivity index (χ2n) is 5.00. The minimum Gasteiger partial charge on any atom is -0.347 e. The third-order valence-corrected chi connectivity index (χ3v) is 3.40. The van der Waals surface area contributed by atoms with E-state index in [9.17, 15) is 4.79 Å². The maximum absolute atomic E-state index is 11.6. The largest absolute Gasteiger partial charge is 0.347 e. The number of likely N-dealkylation sites (N-methyl/N-ethyl adjacent to an activating group) is 1. The molecule has 0 aliphatic heterocycles. The molecule has 0 spiro atoms. The van der Waals surface area contributed by atoms with Gasteiger partial charge in [-0.25, -0.2) is 0 Å². The summed E-state index contributed by atoms with van der Waals surface area (Å²) in [6.45, 7) is 6.38. The highest BCUT2D eigenvalue weighted by molar-refractivity contribution is 5.80. The lowest BCUT2D eigenvalue weighted by molar-refractivity contribution is -0.130. The van der Waals surface area contributed by atoms with Crippen molar-refractivity contribution in [1.82, 2.24) is 10.2 Å². The van der Waals surface area contributed by atoms with Crippen LogP contribution in [0.25, 0.3) is 0 Å². The summed E-state index contributed by atoms with van der Waals surface area (Å²) in [5.74, 6) is 0.154. The van der Waals surface area contributed by atoms with Crippen molar-refractivity contribution in [2.75, 3.05) is 14.1 Å². The van der Waals surface area contributed by atoms with E-state index in [4.69, 9.17) is 0 Å². The van der Waals surface area contributed by atoms with Crippen LogP contribution in [0.2, 0.25) is 0 Å². The van der Waals surface area contributed by atoms with Gasteiger partial charge in [0.15, 0.2) is 0 Å². The summed E-state index contributed by atoms with van der Waals surface area (Å²) in [6.07, 6.45) is 2.56. The van der Waals surface area contributed by atoms with Crippen LogP contribution in [0.5, 0.6) is 0 Å². The summed E-state index contributed by atoms with van der Waals surface area (Å²) >= 11 is 0. The van der Waals surface area contributed by atoms with Crippen molar-refractivity contribution < 1.29 is 4.79 Å². The smallest absolute Gasteiger partial charge is 0.238 e. The van der Waals surface area contributed by atoms with Crippen molar-refractivity contribution in [1.29, 1.82) is 0 Å². The number of rotatable bonds is 4. The van der Waals surface area contributed by atoms with Gasteiger partial charge in [-0.2, -0.15) is 0 Å². The topological polar surface area (TPSA) is 32.3 Å². The standard InChI is InChI=1S/C11H22N2O/c1-8(10(14)13(4)5)12-9(2)11(3)6-7-11/h8-9,12H,6-7H2,1-5H3. The molecule has 0 heterocycles. The molecule has 2 atom stereocenters. The first-order valence-electron chi connectivity index (χ1n) is 5.34. The monoisotopic (exact) mass is 198 g/mol. The molecule has 0 saturated heterocycles. The quantitative estimate of drug-likeness (QED) is 0.737. The van der Waals surface area contributed by atoms with E-state index in [2.05, 4.69) is 19.2 Å². The zero-order valence-corrected chi connectivity index (χ0v) is 9.92. The molecule has 3 nitrogen and oxygen atoms in total. The van der Waals surface area contributed by atoms with Crippen molar-refractivity contribution in [3.05, 3.63) is 0 Å². The Kier molecular flexibility index (Phi) is 3.20. The Morgan fingerprint density at radius 2 is 1.86 bits per heavy atom. The summed E-state index contributed by atoms with van der Waals surface area (Å²) in [5.41, 5.74) is 0.431. The van der Waals surface area contributed by atoms with E-state index in [1.807, 2.05) is 6.92 Å². The third kappa shape index (κ3) is 2.47. The van der Waals surface area contributed by atoms with E-state index in [0.29, 0.717) is 11.5 Å². The van der Waals surface area contributed by atoms with E-state index in [-0.39, 0.29) is 11.9 Å². The van der Waals surface area contributed by atoms with E-state index in [1.165, 1.54) is 12.8 Å². The molecule has 14 heavy (non-hydrogen) atoms. The molecule has 1 amide bonds. The van der Waals surface area contributed by atoms with Crippen molar-refractivity contribution in [2.45, 2.75) is 45.7 Å². The van der Waals surface area contributed by atoms with E-state index in [0.717, 1.165) is 0 Å². The van der Waals surface area contributed by atoms with Crippen LogP contribution in [0, 0.1) is 5.41 Å². The van der Waals surface area contributed by atoms with Gasteiger partial charge >= 0.3 is 0 Å². The molecular weight excluding hydrogens is 176 g/mol. The molecule has 1 fully saturated rings. The molecule has 1 aliphatic carbocycles. The van der Waals surface area contributed by atoms with E-state index >= 15 is 0 Å². The molecule has 3 heteroatoms. The molecule has 2 unspecified atom stereocenters. The lowest BCUT2D eigenvalue weighted by Crippen LogP contribution is -2.47. The van der Waals surface area contributed by atoms with Crippen molar-refractivity contribution in [2.24, 2.45) is 5.41 Å². The van der Waals surface area contributed by atoms with Gasteiger partial charge in [-0.15, -0.1) is 0 Å². The lowest BCUT2D eigenvalue weighted by Gasteiger charge is -2.26. The maximum Gasteiger partial charge on any atom is 0.238 e. The average molecular weight is 198 g/mol. The molecule has 1 saturated carbocycles. The fourth-order valence-corrected chi connectivity index (χ4v) is 1.66. The normalized spacial score (nSPS) is 22.6. The molecule has 0 radical (unpaired) electrons. The van der Waals surface area contributed by atoms with Crippen LogP contribution in [0.4, 0.5) is 0 Å². The summed E-state index contributed by atoms with van der Waals surface area (Å²) < 4.78 is 0. The van der Waals surface area contributed by atoms with Gasteiger partial charge in [-0.1, -0.05) is 6.92 Å². The number of hydrogen-bond donors (Lipinski definition) is 1. The van der Waals surface area contributed by atoms with Gasteiger partial charge in [0.2, 0.25) is 5.91 Å². The summed E-state index contributed by atoms with van der Waals surface area (Å²) in [7, 11) is 3.59. The number of hydrogen-bond acceptors (Lipinski definition) is 2. The van der Waals surface area contributed by atoms with Crippen LogP contribution in [0.15, 0.2) is 0 Å². The SMILES string of the molecule is CC(NC(C)C1(C)CC1)C(=O)N(C)C. The number of carbonyl (C=O) groups excluding carboxylic acids is 1. The zero-order valence-electron chi connectivity index (χ0n) is 9.92. The van der Waals surface area contributed by atoms with Crippen molar-refractivity contribution >= 4 is 5.91 Å². The van der Waals surface area contributed by atoms with Crippen LogP contribution in [0.1, 0.15) is 33.6 Å². The first kappa shape index (κ1) is 11.5. The zero-order chi connectivity index (χ0) is 10.9. The molecule has 1 N–H and O–H groups in total. The summed E-state index contributed by atoms with van der Waals surface area (Å²) in [5, 5.41) is 3.37. The Labute approximate surface area is 86.9 Å². The van der Waals surface area contributed by atoms with Gasteiger partial charge in [0.1, 0.15) is 0 Å². The Morgan fingerprint density at radius 1 is 1.36 bits per heavy atom. The molecular formula is C11H22N2O. The summed E-state index contributed by atoms with van der Waals surface area (Å²) in [4.78, 5) is 13.2. The van der Waals surface area contributed by atoms with Gasteiger partial charge in [0.05, 0.1) is 6.04 Å². The van der Waals surface area contributed by atoms with Gasteiger partial charge in [-0.05, 0) is 32.1 Å². The maximum atomic E-state index is 11.6. The Bertz CT molecular complexity index is 221. The minimum atomic E-state index is -0.0718. The van der Waals surface area contributed by atoms with Crippen LogP contribution in [-0.4, -0.2) is 37.0 Å². The van der Waals surface area contributed by atoms with E-state index in [1.54, 1.807) is 19.0 Å². The van der Waals surface area contributed by atoms with Crippen LogP contribution in [0.3, 0.4) is 0 Å². The minimum absolute atomic E-state index is 0.0718. The number of carbonyl (C=O) groups is 1. The Hall–Kier alpha value is -0.570. The Balaban J connectivity index is 2.40. The molecule has 0 aromatic carbocycles. The number of amides is 1. The molecule has 1 aliphatic rings. The van der Waals surface area contributed by atoms with Crippen molar-refractivity contribution in [3.8, 4) is 0 Å². The van der Waals surface area contributed by atoms with Crippen LogP contribution in [-0.2, 0) is 4.79 Å². The Morgan fingerprint density at radius 3 is 2.21 bits per heavy atom. The predicted octanol–water partition coefficient (Wildman–Crippen LogP) is 1.24. The van der Waals surface area contributed by atoms with Gasteiger partial charge in [-0.3, -0.25) is 4.79 Å². The molecule has 82 valence electrons. The molecule has 0 aromatic heterocycles. The number of nitrogens with one attached hydrogen (secondary N) is 1. The second-order valence-corrected chi connectivity index (χ2v) is 5.00. The van der Waals surface area contributed by atoms with Gasteiger partial charge in [0.25, 0.3) is 0 Å². The molecule has 1 rings (SSSR count). The highest BCUT2D eigenvalue weighted by atomic mass is 16.2. The third-order valence-electron chi connectivity index (χ3n) is 3.40. The summed E-state index contributed by atoms with van der Waals surface area (Å²) in [6, 6.07) is 0.360. The first-order valence-corrected chi connectivity index (χ1v) is 5.34. The predicted molar refractivity (Wildman–Crippen MR) is 58.1 cm³/mol. The van der Waals surface area contributed by atoms with Crippen LogP contribution >= 0.6 is 0 Å². The fraction of sp³-hybridized carbons (Fsp3) is 0.909. The van der Waals surface area contributed by atoms with Gasteiger partial charge in [0, 0.05) is 20.1 Å². The van der Waals surface area contributed by atoms with Crippen LogP contribution < -0.4 is 5.32 Å².